The van der Waals surface area contributed by atoms with E-state index in [-0.39, 0.29) is 5.84 Å². The monoisotopic (exact) mass is 408 g/mol. The number of halogens is 1. The molecule has 0 aliphatic carbocycles. The summed E-state index contributed by atoms with van der Waals surface area (Å²) in [5.41, 5.74) is 8.48. The maximum Gasteiger partial charge on any atom is 0.187 e. The number of nitrogens with two attached hydrogens (primary N) is 1. The predicted molar refractivity (Wildman–Crippen MR) is 108 cm³/mol. The largest absolute Gasteiger partial charge is 0.383 e. The first-order chi connectivity index (χ1) is 12.0. The van der Waals surface area contributed by atoms with Crippen LogP contribution in [-0.4, -0.2) is 23.4 Å². The minimum atomic E-state index is 0.0527. The molecule has 25 heavy (non-hydrogen) atoms. The van der Waals surface area contributed by atoms with E-state index in [4.69, 9.17) is 22.7 Å². The quantitative estimate of drug-likeness (QED) is 0.229. The average Bonchev–Trinajstić information content (AvgIpc) is 3.22. The molecule has 0 radical (unpaired) electrons. The molecule has 5 nitrogen and oxygen atoms in total. The van der Waals surface area contributed by atoms with Gasteiger partial charge in [0.1, 0.15) is 5.84 Å². The highest BCUT2D eigenvalue weighted by molar-refractivity contribution is 8.00. The van der Waals surface area contributed by atoms with Crippen LogP contribution in [0.2, 0.25) is 5.02 Å². The number of carbonyl (C=O) groups is 1. The molecular formula is C16H13ClN4OS3. The van der Waals surface area contributed by atoms with Gasteiger partial charge in [0.05, 0.1) is 20.5 Å². The van der Waals surface area contributed by atoms with Crippen molar-refractivity contribution in [3.8, 4) is 11.3 Å². The molecule has 0 unspecified atom stereocenters. The van der Waals surface area contributed by atoms with Crippen LogP contribution in [0.5, 0.6) is 0 Å². The number of thiophene rings is 1. The molecule has 0 saturated heterocycles. The van der Waals surface area contributed by atoms with Crippen molar-refractivity contribution in [2.24, 2.45) is 5.73 Å². The molecule has 0 fully saturated rings. The zero-order chi connectivity index (χ0) is 18.0. The second-order valence-corrected chi connectivity index (χ2v) is 8.36. The van der Waals surface area contributed by atoms with Gasteiger partial charge in [-0.25, -0.2) is 4.98 Å². The van der Waals surface area contributed by atoms with Crippen LogP contribution in [0.1, 0.15) is 15.2 Å². The summed E-state index contributed by atoms with van der Waals surface area (Å²) < 4.78 is 1.06. The van der Waals surface area contributed by atoms with Crippen molar-refractivity contribution in [1.29, 1.82) is 5.41 Å². The second-order valence-electron chi connectivity index (χ2n) is 4.94. The average molecular weight is 409 g/mol. The number of amidine groups is 1. The summed E-state index contributed by atoms with van der Waals surface area (Å²) in [5.74, 6) is 0.0527. The lowest BCUT2D eigenvalue weighted by atomic mass is 10.2. The third-order valence-corrected chi connectivity index (χ3v) is 6.61. The maximum atomic E-state index is 11.2. The third-order valence-electron chi connectivity index (χ3n) is 3.31. The number of benzene rings is 1. The fraction of sp³-hybridized carbons (Fsp3) is 0.0625. The van der Waals surface area contributed by atoms with Crippen molar-refractivity contribution < 1.29 is 4.79 Å². The van der Waals surface area contributed by atoms with E-state index >= 15 is 0 Å². The number of aromatic nitrogens is 1. The smallest absolute Gasteiger partial charge is 0.187 e. The Kier molecular flexibility index (Phi) is 5.43. The van der Waals surface area contributed by atoms with Crippen LogP contribution >= 0.6 is 46.0 Å². The Morgan fingerprint density at radius 1 is 1.44 bits per heavy atom. The molecule has 0 atom stereocenters. The minimum absolute atomic E-state index is 0.0527. The number of nitrogen functional groups attached to an aromatic ring is 1. The molecule has 1 aromatic carbocycles. The number of thioether (sulfide) groups is 1. The lowest BCUT2D eigenvalue weighted by Gasteiger charge is -2.05. The van der Waals surface area contributed by atoms with Gasteiger partial charge in [-0.3, -0.25) is 10.2 Å². The van der Waals surface area contributed by atoms with Gasteiger partial charge in [0, 0.05) is 21.5 Å². The summed E-state index contributed by atoms with van der Waals surface area (Å²) in [5, 5.41) is 13.9. The van der Waals surface area contributed by atoms with Gasteiger partial charge in [-0.05, 0) is 30.5 Å². The number of anilines is 2. The molecule has 0 aliphatic heterocycles. The Hall–Kier alpha value is -1.87. The van der Waals surface area contributed by atoms with Gasteiger partial charge in [-0.1, -0.05) is 11.6 Å². The number of hydrogen-bond donors (Lipinski definition) is 3. The Balaban J connectivity index is 1.91. The summed E-state index contributed by atoms with van der Waals surface area (Å²) in [6.07, 6.45) is 2.74. The molecule has 3 aromatic rings. The highest BCUT2D eigenvalue weighted by Crippen LogP contribution is 2.39. The number of carbonyl (C=O) groups excluding carboxylic acids is 1. The van der Waals surface area contributed by atoms with Crippen molar-refractivity contribution >= 4 is 69.0 Å². The molecule has 0 aliphatic rings. The molecule has 128 valence electrons. The number of thiazole rings is 1. The molecule has 3 rings (SSSR count). The van der Waals surface area contributed by atoms with Crippen molar-refractivity contribution in [2.75, 3.05) is 11.6 Å². The van der Waals surface area contributed by atoms with Crippen LogP contribution in [0, 0.1) is 5.41 Å². The van der Waals surface area contributed by atoms with Gasteiger partial charge in [0.25, 0.3) is 0 Å². The molecule has 0 spiro atoms. The van der Waals surface area contributed by atoms with Gasteiger partial charge < -0.3 is 11.1 Å². The number of rotatable bonds is 6. The lowest BCUT2D eigenvalue weighted by Crippen LogP contribution is -2.08. The molecule has 2 aromatic heterocycles. The lowest BCUT2D eigenvalue weighted by molar-refractivity contribution is 0.112. The van der Waals surface area contributed by atoms with E-state index in [0.717, 1.165) is 26.6 Å². The summed E-state index contributed by atoms with van der Waals surface area (Å²) in [6, 6.07) is 6.96. The van der Waals surface area contributed by atoms with Crippen LogP contribution in [0.4, 0.5) is 10.8 Å². The Morgan fingerprint density at radius 2 is 2.24 bits per heavy atom. The van der Waals surface area contributed by atoms with Crippen LogP contribution in [0.15, 0.2) is 33.9 Å². The van der Waals surface area contributed by atoms with Gasteiger partial charge in [-0.15, -0.1) is 34.4 Å². The molecule has 9 heteroatoms. The second kappa shape index (κ2) is 7.57. The molecule has 0 saturated carbocycles. The molecule has 0 amide bonds. The van der Waals surface area contributed by atoms with Crippen LogP contribution < -0.4 is 11.1 Å². The standard InChI is InChI=1S/C16H13ClN4OS3/c1-23-15-10(5-13(25-15)14(18)19)12-7-24-16(21-12)20-11-3-2-9(17)4-8(11)6-22/h2-7H,1H3,(H3,18,19)(H,20,21). The van der Waals surface area contributed by atoms with Gasteiger partial charge in [0.15, 0.2) is 11.4 Å². The van der Waals surface area contributed by atoms with E-state index in [2.05, 4.69) is 10.3 Å². The van der Waals surface area contributed by atoms with E-state index in [1.165, 1.54) is 22.7 Å². The van der Waals surface area contributed by atoms with Gasteiger partial charge >= 0.3 is 0 Å². The van der Waals surface area contributed by atoms with Gasteiger partial charge in [-0.2, -0.15) is 0 Å². The zero-order valence-corrected chi connectivity index (χ0v) is 16.2. The van der Waals surface area contributed by atoms with Crippen molar-refractivity contribution in [3.05, 3.63) is 45.1 Å². The highest BCUT2D eigenvalue weighted by atomic mass is 35.5. The van der Waals surface area contributed by atoms with Crippen LogP contribution in [-0.2, 0) is 0 Å². The predicted octanol–water partition coefficient (Wildman–Crippen LogP) is 5.09. The summed E-state index contributed by atoms with van der Waals surface area (Å²) >= 11 is 10.4. The van der Waals surface area contributed by atoms with E-state index in [9.17, 15) is 4.79 Å². The highest BCUT2D eigenvalue weighted by Gasteiger charge is 2.15. The van der Waals surface area contributed by atoms with E-state index in [0.29, 0.717) is 21.4 Å². The first-order valence-corrected chi connectivity index (χ1v) is 10.3. The SMILES string of the molecule is CSc1sc(C(=N)N)cc1-c1csc(Nc2ccc(Cl)cc2C=O)n1. The number of hydrogen-bond acceptors (Lipinski definition) is 7. The van der Waals surface area contributed by atoms with Gasteiger partial charge in [0.2, 0.25) is 0 Å². The van der Waals surface area contributed by atoms with Crippen molar-refractivity contribution in [3.63, 3.8) is 0 Å². The maximum absolute atomic E-state index is 11.2. The van der Waals surface area contributed by atoms with E-state index < -0.39 is 0 Å². The summed E-state index contributed by atoms with van der Waals surface area (Å²) in [7, 11) is 0. The molecule has 4 N–H and O–H groups in total. The van der Waals surface area contributed by atoms with Crippen LogP contribution in [0.3, 0.4) is 0 Å². The number of nitrogens with zero attached hydrogens (tertiary/aromatic N) is 1. The van der Waals surface area contributed by atoms with Crippen molar-refractivity contribution in [2.45, 2.75) is 4.21 Å². The van der Waals surface area contributed by atoms with Crippen LogP contribution in [0.25, 0.3) is 11.3 Å². The normalized spacial score (nSPS) is 10.6. The van der Waals surface area contributed by atoms with E-state index in [1.54, 1.807) is 30.0 Å². The number of aldehydes is 1. The third kappa shape index (κ3) is 3.87. The Labute approximate surface area is 161 Å². The van der Waals surface area contributed by atoms with Crippen molar-refractivity contribution in [1.82, 2.24) is 4.98 Å². The Bertz CT molecular complexity index is 951. The number of nitrogens with one attached hydrogen (secondary N) is 2. The summed E-state index contributed by atoms with van der Waals surface area (Å²) in [4.78, 5) is 16.5. The summed E-state index contributed by atoms with van der Waals surface area (Å²) in [6.45, 7) is 0. The fourth-order valence-corrected chi connectivity index (χ4v) is 4.80. The zero-order valence-electron chi connectivity index (χ0n) is 13.0. The Morgan fingerprint density at radius 3 is 2.92 bits per heavy atom. The topological polar surface area (TPSA) is 91.9 Å². The fourth-order valence-electron chi connectivity index (χ4n) is 2.15. The molecular weight excluding hydrogens is 396 g/mol. The molecule has 2 heterocycles. The first kappa shape index (κ1) is 17.9. The molecule has 0 bridgehead atoms. The minimum Gasteiger partial charge on any atom is -0.383 e. The van der Waals surface area contributed by atoms with E-state index in [1.807, 2.05) is 17.7 Å². The first-order valence-electron chi connectivity index (χ1n) is 7.01.